The Kier molecular flexibility index (Phi) is 5.94. The molecule has 0 aromatic heterocycles. The third kappa shape index (κ3) is 4.99. The topological polar surface area (TPSA) is 108 Å². The molecule has 3 rings (SSSR count). The van der Waals surface area contributed by atoms with Gasteiger partial charge in [-0.15, -0.1) is 0 Å². The van der Waals surface area contributed by atoms with Gasteiger partial charge in [0, 0.05) is 5.56 Å². The van der Waals surface area contributed by atoms with Crippen LogP contribution in [0.25, 0.3) is 0 Å². The lowest BCUT2D eigenvalue weighted by atomic mass is 10.1. The van der Waals surface area contributed by atoms with E-state index in [2.05, 4.69) is 15.2 Å². The molecule has 0 aliphatic carbocycles. The van der Waals surface area contributed by atoms with Crippen molar-refractivity contribution in [1.82, 2.24) is 0 Å². The van der Waals surface area contributed by atoms with Crippen molar-refractivity contribution < 1.29 is 18.3 Å². The number of nitrogens with one attached hydrogen (secondary N) is 2. The largest absolute Gasteiger partial charge is 0.476 e. The number of hydrogen-bond donors (Lipinski definition) is 3. The number of carbonyl (C=O) groups is 1. The standard InChI is InChI=1S/C21H19N3O4S/c1-15-11-13-17(14-12-15)29(27,28)24-19-10-6-5-9-18(19)20(21(25)26)23-22-16-7-3-2-4-8-16/h2-14,22,24H,1H3,(H,25,26)/b23-20-. The molecular weight excluding hydrogens is 390 g/mol. The summed E-state index contributed by atoms with van der Waals surface area (Å²) in [5, 5.41) is 13.6. The molecule has 0 heterocycles. The van der Waals surface area contributed by atoms with Gasteiger partial charge in [0.05, 0.1) is 16.3 Å². The van der Waals surface area contributed by atoms with Gasteiger partial charge in [0.15, 0.2) is 5.71 Å². The highest BCUT2D eigenvalue weighted by Gasteiger charge is 2.21. The molecule has 148 valence electrons. The zero-order valence-corrected chi connectivity index (χ0v) is 16.3. The van der Waals surface area contributed by atoms with Crippen molar-refractivity contribution in [1.29, 1.82) is 0 Å². The molecular formula is C21H19N3O4S. The zero-order chi connectivity index (χ0) is 20.9. The number of rotatable bonds is 7. The van der Waals surface area contributed by atoms with Crippen LogP contribution in [0.1, 0.15) is 11.1 Å². The average Bonchev–Trinajstić information content (AvgIpc) is 2.70. The summed E-state index contributed by atoms with van der Waals surface area (Å²) in [4.78, 5) is 11.9. The minimum atomic E-state index is -3.90. The maximum absolute atomic E-state index is 12.7. The fourth-order valence-corrected chi connectivity index (χ4v) is 3.64. The van der Waals surface area contributed by atoms with Crippen molar-refractivity contribution in [3.05, 3.63) is 90.0 Å². The van der Waals surface area contributed by atoms with Gasteiger partial charge in [-0.05, 0) is 37.3 Å². The third-order valence-corrected chi connectivity index (χ3v) is 5.41. The first-order chi connectivity index (χ1) is 13.9. The van der Waals surface area contributed by atoms with E-state index in [1.807, 2.05) is 13.0 Å². The number of carboxylic acids is 1. The Morgan fingerprint density at radius 2 is 1.52 bits per heavy atom. The fourth-order valence-electron chi connectivity index (χ4n) is 2.56. The number of aliphatic carboxylic acids is 1. The van der Waals surface area contributed by atoms with Crippen LogP contribution in [-0.2, 0) is 14.8 Å². The van der Waals surface area contributed by atoms with Gasteiger partial charge >= 0.3 is 5.97 Å². The maximum atomic E-state index is 12.7. The quantitative estimate of drug-likeness (QED) is 0.407. The number of anilines is 2. The number of hydrazone groups is 1. The van der Waals surface area contributed by atoms with Gasteiger partial charge < -0.3 is 5.11 Å². The van der Waals surface area contributed by atoms with E-state index >= 15 is 0 Å². The predicted molar refractivity (Wildman–Crippen MR) is 113 cm³/mol. The monoisotopic (exact) mass is 409 g/mol. The number of para-hydroxylation sites is 2. The second-order valence-electron chi connectivity index (χ2n) is 6.21. The second-order valence-corrected chi connectivity index (χ2v) is 7.89. The Balaban J connectivity index is 1.96. The summed E-state index contributed by atoms with van der Waals surface area (Å²) >= 11 is 0. The first-order valence-corrected chi connectivity index (χ1v) is 10.2. The molecule has 0 saturated carbocycles. The van der Waals surface area contributed by atoms with E-state index in [0.717, 1.165) is 5.56 Å². The molecule has 0 aliphatic rings. The van der Waals surface area contributed by atoms with Crippen LogP contribution in [0, 0.1) is 6.92 Å². The second kappa shape index (κ2) is 8.57. The predicted octanol–water partition coefficient (Wildman–Crippen LogP) is 3.70. The van der Waals surface area contributed by atoms with Gasteiger partial charge in [-0.25, -0.2) is 13.2 Å². The molecule has 0 fully saturated rings. The maximum Gasteiger partial charge on any atom is 0.357 e. The molecule has 8 heteroatoms. The van der Waals surface area contributed by atoms with Gasteiger partial charge in [-0.2, -0.15) is 5.10 Å². The molecule has 3 N–H and O–H groups in total. The van der Waals surface area contributed by atoms with Crippen molar-refractivity contribution in [2.45, 2.75) is 11.8 Å². The SMILES string of the molecule is Cc1ccc(S(=O)(=O)Nc2ccccc2/C(=N/Nc2ccccc2)C(=O)O)cc1. The lowest BCUT2D eigenvalue weighted by molar-refractivity contribution is -0.129. The van der Waals surface area contributed by atoms with Gasteiger partial charge in [-0.1, -0.05) is 54.1 Å². The van der Waals surface area contributed by atoms with Crippen molar-refractivity contribution in [2.24, 2.45) is 5.10 Å². The van der Waals surface area contributed by atoms with E-state index in [1.54, 1.807) is 48.5 Å². The Hall–Kier alpha value is -3.65. The first-order valence-electron chi connectivity index (χ1n) is 8.68. The van der Waals surface area contributed by atoms with E-state index in [0.29, 0.717) is 5.69 Å². The Bertz CT molecular complexity index is 1140. The zero-order valence-electron chi connectivity index (χ0n) is 15.5. The fraction of sp³-hybridized carbons (Fsp3) is 0.0476. The van der Waals surface area contributed by atoms with Crippen LogP contribution in [0.15, 0.2) is 88.9 Å². The summed E-state index contributed by atoms with van der Waals surface area (Å²) in [7, 11) is -3.90. The van der Waals surface area contributed by atoms with E-state index in [1.165, 1.54) is 24.3 Å². The highest BCUT2D eigenvalue weighted by Crippen LogP contribution is 2.22. The summed E-state index contributed by atoms with van der Waals surface area (Å²) < 4.78 is 27.9. The van der Waals surface area contributed by atoms with Crippen molar-refractivity contribution in [3.8, 4) is 0 Å². The number of benzene rings is 3. The summed E-state index contributed by atoms with van der Waals surface area (Å²) in [6, 6.07) is 21.4. The molecule has 0 aliphatic heterocycles. The van der Waals surface area contributed by atoms with Crippen LogP contribution in [0.5, 0.6) is 0 Å². The normalized spacial score (nSPS) is 11.7. The molecule has 29 heavy (non-hydrogen) atoms. The number of nitrogens with zero attached hydrogens (tertiary/aromatic N) is 1. The van der Waals surface area contributed by atoms with Crippen LogP contribution in [0.3, 0.4) is 0 Å². The molecule has 0 atom stereocenters. The minimum absolute atomic E-state index is 0.0779. The lowest BCUT2D eigenvalue weighted by Crippen LogP contribution is -2.20. The molecule has 3 aromatic rings. The lowest BCUT2D eigenvalue weighted by Gasteiger charge is -2.13. The third-order valence-electron chi connectivity index (χ3n) is 4.03. The number of hydrogen-bond acceptors (Lipinski definition) is 5. The summed E-state index contributed by atoms with van der Waals surface area (Å²) in [6.45, 7) is 1.86. The molecule has 0 amide bonds. The minimum Gasteiger partial charge on any atom is -0.476 e. The Morgan fingerprint density at radius 1 is 0.897 bits per heavy atom. The van der Waals surface area contributed by atoms with Crippen LogP contribution >= 0.6 is 0 Å². The molecule has 0 saturated heterocycles. The van der Waals surface area contributed by atoms with E-state index < -0.39 is 16.0 Å². The van der Waals surface area contributed by atoms with Crippen LogP contribution in [0.4, 0.5) is 11.4 Å². The molecule has 3 aromatic carbocycles. The Morgan fingerprint density at radius 3 is 2.17 bits per heavy atom. The summed E-state index contributed by atoms with van der Waals surface area (Å²) in [5.41, 5.74) is 4.14. The van der Waals surface area contributed by atoms with Gasteiger partial charge in [-0.3, -0.25) is 10.1 Å². The number of aryl methyl sites for hydroxylation is 1. The van der Waals surface area contributed by atoms with E-state index in [4.69, 9.17) is 0 Å². The van der Waals surface area contributed by atoms with Crippen molar-refractivity contribution in [3.63, 3.8) is 0 Å². The van der Waals surface area contributed by atoms with Crippen LogP contribution in [0.2, 0.25) is 0 Å². The number of sulfonamides is 1. The summed E-state index contributed by atoms with van der Waals surface area (Å²) in [5.74, 6) is -1.30. The smallest absolute Gasteiger partial charge is 0.357 e. The number of carboxylic acid groups (broad SMARTS) is 1. The van der Waals surface area contributed by atoms with Crippen LogP contribution in [-0.4, -0.2) is 25.2 Å². The van der Waals surface area contributed by atoms with E-state index in [9.17, 15) is 18.3 Å². The average molecular weight is 409 g/mol. The molecule has 7 nitrogen and oxygen atoms in total. The van der Waals surface area contributed by atoms with Gasteiger partial charge in [0.2, 0.25) is 0 Å². The molecule has 0 bridgehead atoms. The first kappa shape index (κ1) is 20.1. The highest BCUT2D eigenvalue weighted by atomic mass is 32.2. The molecule has 0 unspecified atom stereocenters. The van der Waals surface area contributed by atoms with Gasteiger partial charge in [0.1, 0.15) is 0 Å². The van der Waals surface area contributed by atoms with Crippen molar-refractivity contribution >= 4 is 33.1 Å². The van der Waals surface area contributed by atoms with Crippen molar-refractivity contribution in [2.75, 3.05) is 10.1 Å². The molecule has 0 radical (unpaired) electrons. The summed E-state index contributed by atoms with van der Waals surface area (Å²) in [6.07, 6.45) is 0. The van der Waals surface area contributed by atoms with Crippen LogP contribution < -0.4 is 10.1 Å². The highest BCUT2D eigenvalue weighted by molar-refractivity contribution is 7.92. The molecule has 0 spiro atoms. The van der Waals surface area contributed by atoms with E-state index in [-0.39, 0.29) is 21.9 Å². The van der Waals surface area contributed by atoms with Gasteiger partial charge in [0.25, 0.3) is 10.0 Å². The Labute approximate surface area is 168 Å².